The zero-order valence-electron chi connectivity index (χ0n) is 10.4. The molecule has 0 unspecified atom stereocenters. The van der Waals surface area contributed by atoms with E-state index in [1.807, 2.05) is 20.2 Å². The fourth-order valence-electron chi connectivity index (χ4n) is 2.05. The molecule has 96 valence electrons. The molecule has 0 bridgehead atoms. The van der Waals surface area contributed by atoms with Crippen LogP contribution in [0.3, 0.4) is 0 Å². The Bertz CT molecular complexity index is 787. The number of aromatic carboxylic acids is 1. The van der Waals surface area contributed by atoms with Gasteiger partial charge in [-0.25, -0.2) is 14.8 Å². The van der Waals surface area contributed by atoms with Crippen LogP contribution in [0.2, 0.25) is 0 Å². The highest BCUT2D eigenvalue weighted by molar-refractivity contribution is 6.00. The van der Waals surface area contributed by atoms with Crippen LogP contribution in [0.25, 0.3) is 22.6 Å². The number of H-pyrrole nitrogens is 1. The number of carbonyl (C=O) groups is 1. The van der Waals surface area contributed by atoms with Crippen molar-refractivity contribution in [2.45, 2.75) is 6.92 Å². The molecule has 7 nitrogen and oxygen atoms in total. The molecule has 0 aliphatic carbocycles. The molecule has 0 saturated heterocycles. The molecule has 0 radical (unpaired) electrons. The summed E-state index contributed by atoms with van der Waals surface area (Å²) in [5.41, 5.74) is 2.62. The summed E-state index contributed by atoms with van der Waals surface area (Å²) < 4.78 is 1.68. The molecule has 3 aromatic rings. The van der Waals surface area contributed by atoms with E-state index in [-0.39, 0.29) is 5.56 Å². The van der Waals surface area contributed by atoms with Gasteiger partial charge in [-0.2, -0.15) is 5.10 Å². The van der Waals surface area contributed by atoms with Crippen molar-refractivity contribution in [3.63, 3.8) is 0 Å². The van der Waals surface area contributed by atoms with Gasteiger partial charge in [0.15, 0.2) is 5.65 Å². The van der Waals surface area contributed by atoms with Crippen LogP contribution >= 0.6 is 0 Å². The first-order valence-corrected chi connectivity index (χ1v) is 5.65. The van der Waals surface area contributed by atoms with E-state index in [0.717, 1.165) is 11.3 Å². The molecular formula is C12H11N5O2. The molecule has 3 heterocycles. The normalized spacial score (nSPS) is 11.1. The van der Waals surface area contributed by atoms with E-state index in [2.05, 4.69) is 20.1 Å². The summed E-state index contributed by atoms with van der Waals surface area (Å²) in [7, 11) is 1.82. The maximum absolute atomic E-state index is 11.1. The highest BCUT2D eigenvalue weighted by atomic mass is 16.4. The van der Waals surface area contributed by atoms with Crippen LogP contribution in [-0.2, 0) is 7.05 Å². The van der Waals surface area contributed by atoms with E-state index < -0.39 is 5.97 Å². The van der Waals surface area contributed by atoms with E-state index in [0.29, 0.717) is 17.0 Å². The van der Waals surface area contributed by atoms with Crippen molar-refractivity contribution < 1.29 is 9.90 Å². The lowest BCUT2D eigenvalue weighted by molar-refractivity contribution is 0.0699. The van der Waals surface area contributed by atoms with Gasteiger partial charge in [-0.3, -0.25) is 4.68 Å². The number of hydrogen-bond donors (Lipinski definition) is 2. The van der Waals surface area contributed by atoms with E-state index in [4.69, 9.17) is 5.11 Å². The maximum Gasteiger partial charge on any atom is 0.338 e. The Labute approximate surface area is 107 Å². The van der Waals surface area contributed by atoms with Crippen LogP contribution in [-0.4, -0.2) is 35.8 Å². The van der Waals surface area contributed by atoms with Gasteiger partial charge in [0.25, 0.3) is 0 Å². The lowest BCUT2D eigenvalue weighted by Gasteiger charge is -1.94. The molecule has 0 fully saturated rings. The standard InChI is InChI=1S/C12H11N5O2/c1-6-8(5-17(2)16-6)10-14-9-7(12(18)19)3-4-13-11(9)15-10/h3-5H,1-2H3,(H,18,19)(H,13,14,15). The van der Waals surface area contributed by atoms with Gasteiger partial charge in [-0.15, -0.1) is 0 Å². The third kappa shape index (κ3) is 1.75. The number of pyridine rings is 1. The molecule has 0 aliphatic heterocycles. The van der Waals surface area contributed by atoms with Crippen LogP contribution in [0.1, 0.15) is 16.1 Å². The minimum atomic E-state index is -1.01. The van der Waals surface area contributed by atoms with Crippen molar-refractivity contribution in [1.82, 2.24) is 24.7 Å². The number of fused-ring (bicyclic) bond motifs is 1. The van der Waals surface area contributed by atoms with Gasteiger partial charge in [-0.1, -0.05) is 0 Å². The molecule has 3 aromatic heterocycles. The Kier molecular flexibility index (Phi) is 2.34. The molecule has 0 aliphatic rings. The molecular weight excluding hydrogens is 246 g/mol. The first kappa shape index (κ1) is 11.4. The van der Waals surface area contributed by atoms with Crippen molar-refractivity contribution in [3.05, 3.63) is 29.7 Å². The summed E-state index contributed by atoms with van der Waals surface area (Å²) >= 11 is 0. The first-order valence-electron chi connectivity index (χ1n) is 5.65. The average molecular weight is 257 g/mol. The van der Waals surface area contributed by atoms with Crippen molar-refractivity contribution in [2.24, 2.45) is 7.05 Å². The molecule has 0 amide bonds. The predicted molar refractivity (Wildman–Crippen MR) is 67.8 cm³/mol. The van der Waals surface area contributed by atoms with Crippen molar-refractivity contribution >= 4 is 17.1 Å². The summed E-state index contributed by atoms with van der Waals surface area (Å²) in [6.07, 6.45) is 3.26. The third-order valence-electron chi connectivity index (χ3n) is 2.89. The first-order chi connectivity index (χ1) is 9.06. The third-order valence-corrected chi connectivity index (χ3v) is 2.89. The molecule has 7 heteroatoms. The number of carboxylic acid groups (broad SMARTS) is 1. The lowest BCUT2D eigenvalue weighted by Crippen LogP contribution is -1.97. The molecule has 19 heavy (non-hydrogen) atoms. The second-order valence-corrected chi connectivity index (χ2v) is 4.25. The van der Waals surface area contributed by atoms with Gasteiger partial charge in [0.2, 0.25) is 0 Å². The molecule has 3 rings (SSSR count). The summed E-state index contributed by atoms with van der Waals surface area (Å²) in [6.45, 7) is 1.87. The molecule has 0 aromatic carbocycles. The van der Waals surface area contributed by atoms with Crippen LogP contribution in [0, 0.1) is 6.92 Å². The number of imidazole rings is 1. The summed E-state index contributed by atoms with van der Waals surface area (Å²) in [4.78, 5) is 22.5. The fraction of sp³-hybridized carbons (Fsp3) is 0.167. The lowest BCUT2D eigenvalue weighted by atomic mass is 10.2. The largest absolute Gasteiger partial charge is 0.478 e. The van der Waals surface area contributed by atoms with E-state index in [1.165, 1.54) is 12.3 Å². The highest BCUT2D eigenvalue weighted by Gasteiger charge is 2.16. The molecule has 0 saturated carbocycles. The number of nitrogens with one attached hydrogen (secondary N) is 1. The molecule has 2 N–H and O–H groups in total. The summed E-state index contributed by atoms with van der Waals surface area (Å²) in [6, 6.07) is 1.45. The Morgan fingerprint density at radius 3 is 2.89 bits per heavy atom. The van der Waals surface area contributed by atoms with Crippen LogP contribution < -0.4 is 0 Å². The minimum Gasteiger partial charge on any atom is -0.478 e. The number of hydrogen-bond acceptors (Lipinski definition) is 4. The SMILES string of the molecule is Cc1nn(C)cc1-c1nc2nccc(C(=O)O)c2[nH]1. The Morgan fingerprint density at radius 2 is 2.26 bits per heavy atom. The number of aryl methyl sites for hydroxylation is 2. The van der Waals surface area contributed by atoms with Gasteiger partial charge >= 0.3 is 5.97 Å². The number of aromatic amines is 1. The van der Waals surface area contributed by atoms with Gasteiger partial charge < -0.3 is 10.1 Å². The van der Waals surface area contributed by atoms with E-state index in [9.17, 15) is 4.79 Å². The summed E-state index contributed by atoms with van der Waals surface area (Å²) in [5.74, 6) is -0.438. The number of rotatable bonds is 2. The second-order valence-electron chi connectivity index (χ2n) is 4.25. The highest BCUT2D eigenvalue weighted by Crippen LogP contribution is 2.23. The monoisotopic (exact) mass is 257 g/mol. The van der Waals surface area contributed by atoms with Crippen LogP contribution in [0.15, 0.2) is 18.5 Å². The topological polar surface area (TPSA) is 96.7 Å². The van der Waals surface area contributed by atoms with Crippen molar-refractivity contribution in [2.75, 3.05) is 0 Å². The van der Waals surface area contributed by atoms with Gasteiger partial charge in [0, 0.05) is 19.4 Å². The van der Waals surface area contributed by atoms with Gasteiger partial charge in [0.1, 0.15) is 5.82 Å². The minimum absolute atomic E-state index is 0.158. The van der Waals surface area contributed by atoms with E-state index in [1.54, 1.807) is 4.68 Å². The van der Waals surface area contributed by atoms with Crippen LogP contribution in [0.4, 0.5) is 0 Å². The van der Waals surface area contributed by atoms with Crippen LogP contribution in [0.5, 0.6) is 0 Å². The quantitative estimate of drug-likeness (QED) is 0.722. The smallest absolute Gasteiger partial charge is 0.338 e. The number of nitrogens with zero attached hydrogens (tertiary/aromatic N) is 4. The Balaban J connectivity index is 2.25. The van der Waals surface area contributed by atoms with Gasteiger partial charge in [0.05, 0.1) is 22.3 Å². The Morgan fingerprint density at radius 1 is 1.47 bits per heavy atom. The molecule has 0 spiro atoms. The number of carboxylic acids is 1. The van der Waals surface area contributed by atoms with E-state index >= 15 is 0 Å². The number of aromatic nitrogens is 5. The average Bonchev–Trinajstić information content (AvgIpc) is 2.91. The van der Waals surface area contributed by atoms with Crippen molar-refractivity contribution in [1.29, 1.82) is 0 Å². The van der Waals surface area contributed by atoms with Crippen molar-refractivity contribution in [3.8, 4) is 11.4 Å². The molecule has 0 atom stereocenters. The maximum atomic E-state index is 11.1. The second kappa shape index (κ2) is 3.91. The predicted octanol–water partition coefficient (Wildman–Crippen LogP) is 1.37. The zero-order valence-corrected chi connectivity index (χ0v) is 10.4. The zero-order chi connectivity index (χ0) is 13.6. The van der Waals surface area contributed by atoms with Gasteiger partial charge in [-0.05, 0) is 13.0 Å². The Hall–Kier alpha value is -2.70. The fourth-order valence-corrected chi connectivity index (χ4v) is 2.05. The summed E-state index contributed by atoms with van der Waals surface area (Å²) in [5, 5.41) is 13.4.